The molecule has 0 aliphatic heterocycles. The third-order valence-corrected chi connectivity index (χ3v) is 3.49. The summed E-state index contributed by atoms with van der Waals surface area (Å²) in [5.41, 5.74) is 1.68. The van der Waals surface area contributed by atoms with Gasteiger partial charge in [-0.2, -0.15) is 0 Å². The van der Waals surface area contributed by atoms with E-state index in [2.05, 4.69) is 15.3 Å². The predicted molar refractivity (Wildman–Crippen MR) is 92.0 cm³/mol. The number of hydrogen-bond donors (Lipinski definition) is 4. The molecule has 2 aromatic heterocycles. The number of halogens is 1. The van der Waals surface area contributed by atoms with Crippen LogP contribution in [-0.4, -0.2) is 26.1 Å². The fourth-order valence-electron chi connectivity index (χ4n) is 2.32. The molecule has 8 heteroatoms. The number of benzene rings is 1. The Hall–Kier alpha value is -3.23. The molecule has 0 aliphatic rings. The largest absolute Gasteiger partial charge is 0.454 e. The number of H-pyrrole nitrogens is 1. The van der Waals surface area contributed by atoms with Crippen LogP contribution in [0.1, 0.15) is 18.8 Å². The van der Waals surface area contributed by atoms with Gasteiger partial charge in [0.05, 0.1) is 11.4 Å². The number of pyridine rings is 1. The lowest BCUT2D eigenvalue weighted by atomic mass is 10.2. The third kappa shape index (κ3) is 4.05. The van der Waals surface area contributed by atoms with Crippen LogP contribution >= 0.6 is 0 Å². The summed E-state index contributed by atoms with van der Waals surface area (Å²) in [4.78, 5) is 18.1. The molecular weight excluding hydrogens is 341 g/mol. The molecule has 7 nitrogen and oxygen atoms in total. The zero-order chi connectivity index (χ0) is 18.7. The van der Waals surface area contributed by atoms with E-state index in [-0.39, 0.29) is 11.7 Å². The summed E-state index contributed by atoms with van der Waals surface area (Å²) in [5.74, 6) is -0.577. The Morgan fingerprint density at radius 2 is 2.08 bits per heavy atom. The lowest BCUT2D eigenvalue weighted by molar-refractivity contribution is -0.114. The Balaban J connectivity index is 1.81. The molecule has 26 heavy (non-hydrogen) atoms. The van der Waals surface area contributed by atoms with Crippen molar-refractivity contribution in [1.82, 2.24) is 9.97 Å². The van der Waals surface area contributed by atoms with E-state index in [1.54, 1.807) is 18.2 Å². The first kappa shape index (κ1) is 17.6. The van der Waals surface area contributed by atoms with E-state index in [0.717, 1.165) is 0 Å². The Morgan fingerprint density at radius 3 is 2.73 bits per heavy atom. The molecule has 0 saturated heterocycles. The van der Waals surface area contributed by atoms with Crippen molar-refractivity contribution in [2.24, 2.45) is 0 Å². The van der Waals surface area contributed by atoms with Crippen LogP contribution in [0.4, 0.5) is 10.1 Å². The summed E-state index contributed by atoms with van der Waals surface area (Å²) in [6.45, 7) is 1.34. The summed E-state index contributed by atoms with van der Waals surface area (Å²) in [7, 11) is 0. The number of anilines is 1. The number of hydrogen-bond acceptors (Lipinski definition) is 5. The van der Waals surface area contributed by atoms with Gasteiger partial charge in [-0.25, -0.2) is 4.39 Å². The van der Waals surface area contributed by atoms with Crippen LogP contribution in [0.5, 0.6) is 11.5 Å². The number of nitrogens with zero attached hydrogens (tertiary/aromatic N) is 1. The molecule has 0 bridgehead atoms. The van der Waals surface area contributed by atoms with Crippen LogP contribution in [-0.2, 0) is 4.79 Å². The van der Waals surface area contributed by atoms with Gasteiger partial charge in [-0.3, -0.25) is 9.78 Å². The standard InChI is InChI=1S/C18H16FN3O4/c1-10(23)22-12-2-3-17(14(19)7-12)26-13-4-5-20-16(8-13)15-6-11(9-21-15)18(24)25/h2-9,18,21,24-25H,1H3,(H,22,23). The zero-order valence-corrected chi connectivity index (χ0v) is 13.7. The highest BCUT2D eigenvalue weighted by molar-refractivity contribution is 5.88. The molecule has 0 spiro atoms. The van der Waals surface area contributed by atoms with E-state index in [4.69, 9.17) is 14.9 Å². The molecule has 0 fully saturated rings. The number of carbonyl (C=O) groups excluding carboxylic acids is 1. The molecule has 0 saturated carbocycles. The second-order valence-electron chi connectivity index (χ2n) is 5.53. The number of nitrogens with one attached hydrogen (secondary N) is 2. The van der Waals surface area contributed by atoms with E-state index in [1.807, 2.05) is 0 Å². The van der Waals surface area contributed by atoms with E-state index >= 15 is 0 Å². The van der Waals surface area contributed by atoms with Crippen LogP contribution in [0.2, 0.25) is 0 Å². The van der Waals surface area contributed by atoms with E-state index in [0.29, 0.717) is 28.4 Å². The van der Waals surface area contributed by atoms with Crippen molar-refractivity contribution < 1.29 is 24.1 Å². The van der Waals surface area contributed by atoms with Crippen LogP contribution in [0.15, 0.2) is 48.8 Å². The van der Waals surface area contributed by atoms with Crippen LogP contribution < -0.4 is 10.1 Å². The minimum atomic E-state index is -1.59. The fourth-order valence-corrected chi connectivity index (χ4v) is 2.32. The smallest absolute Gasteiger partial charge is 0.221 e. The van der Waals surface area contributed by atoms with Crippen molar-refractivity contribution in [2.75, 3.05) is 5.32 Å². The number of aliphatic hydroxyl groups excluding tert-OH is 1. The zero-order valence-electron chi connectivity index (χ0n) is 13.7. The summed E-state index contributed by atoms with van der Waals surface area (Å²) in [6.07, 6.45) is 1.36. The number of aliphatic hydroxyl groups is 2. The SMILES string of the molecule is CC(=O)Nc1ccc(Oc2ccnc(-c3cc(C(O)O)c[nH]3)c2)c(F)c1. The summed E-state index contributed by atoms with van der Waals surface area (Å²) >= 11 is 0. The maximum atomic E-state index is 14.1. The van der Waals surface area contributed by atoms with Gasteiger partial charge in [-0.05, 0) is 24.3 Å². The van der Waals surface area contributed by atoms with Gasteiger partial charge in [0.25, 0.3) is 0 Å². The molecule has 3 aromatic rings. The molecule has 1 aromatic carbocycles. The molecule has 0 radical (unpaired) electrons. The number of carbonyl (C=O) groups is 1. The molecule has 2 heterocycles. The molecule has 0 unspecified atom stereocenters. The van der Waals surface area contributed by atoms with Crippen molar-refractivity contribution >= 4 is 11.6 Å². The number of rotatable bonds is 5. The van der Waals surface area contributed by atoms with Crippen LogP contribution in [0, 0.1) is 5.82 Å². The highest BCUT2D eigenvalue weighted by Crippen LogP contribution is 2.29. The van der Waals surface area contributed by atoms with Gasteiger partial charge in [-0.1, -0.05) is 0 Å². The number of amides is 1. The Labute approximate surface area is 148 Å². The molecule has 4 N–H and O–H groups in total. The Kier molecular flexibility index (Phi) is 4.97. The van der Waals surface area contributed by atoms with Crippen molar-refractivity contribution in [3.05, 3.63) is 60.2 Å². The molecule has 1 amide bonds. The molecular formula is C18H16FN3O4. The molecule has 3 rings (SSSR count). The van der Waals surface area contributed by atoms with Gasteiger partial charge in [0.2, 0.25) is 5.91 Å². The minimum Gasteiger partial charge on any atom is -0.454 e. The van der Waals surface area contributed by atoms with Gasteiger partial charge in [0.15, 0.2) is 17.9 Å². The summed E-state index contributed by atoms with van der Waals surface area (Å²) in [5, 5.41) is 20.8. The lowest BCUT2D eigenvalue weighted by Crippen LogP contribution is -2.05. The average molecular weight is 357 g/mol. The van der Waals surface area contributed by atoms with Gasteiger partial charge in [0, 0.05) is 42.7 Å². The van der Waals surface area contributed by atoms with Crippen molar-refractivity contribution in [3.63, 3.8) is 0 Å². The highest BCUT2D eigenvalue weighted by Gasteiger charge is 2.11. The van der Waals surface area contributed by atoms with E-state index in [1.165, 1.54) is 37.5 Å². The normalized spacial score (nSPS) is 10.8. The first-order chi connectivity index (χ1) is 12.4. The molecule has 134 valence electrons. The highest BCUT2D eigenvalue weighted by atomic mass is 19.1. The van der Waals surface area contributed by atoms with Gasteiger partial charge >= 0.3 is 0 Å². The maximum absolute atomic E-state index is 14.1. The average Bonchev–Trinajstić information content (AvgIpc) is 3.07. The van der Waals surface area contributed by atoms with E-state index in [9.17, 15) is 9.18 Å². The number of aromatic nitrogens is 2. The Bertz CT molecular complexity index is 940. The van der Waals surface area contributed by atoms with Gasteiger partial charge in [0.1, 0.15) is 5.75 Å². The number of aromatic amines is 1. The van der Waals surface area contributed by atoms with Crippen LogP contribution in [0.3, 0.4) is 0 Å². The minimum absolute atomic E-state index is 0.00536. The summed E-state index contributed by atoms with van der Waals surface area (Å²) < 4.78 is 19.7. The number of ether oxygens (including phenoxy) is 1. The van der Waals surface area contributed by atoms with Gasteiger partial charge in [-0.15, -0.1) is 0 Å². The first-order valence-corrected chi connectivity index (χ1v) is 7.68. The van der Waals surface area contributed by atoms with E-state index < -0.39 is 12.1 Å². The van der Waals surface area contributed by atoms with Crippen molar-refractivity contribution in [3.8, 4) is 22.9 Å². The second kappa shape index (κ2) is 7.34. The second-order valence-corrected chi connectivity index (χ2v) is 5.53. The lowest BCUT2D eigenvalue weighted by Gasteiger charge is -2.09. The first-order valence-electron chi connectivity index (χ1n) is 7.68. The Morgan fingerprint density at radius 1 is 1.27 bits per heavy atom. The monoisotopic (exact) mass is 357 g/mol. The topological polar surface area (TPSA) is 107 Å². The predicted octanol–water partition coefficient (Wildman–Crippen LogP) is 2.95. The third-order valence-electron chi connectivity index (χ3n) is 3.49. The quantitative estimate of drug-likeness (QED) is 0.525. The molecule has 0 aliphatic carbocycles. The van der Waals surface area contributed by atoms with Gasteiger partial charge < -0.3 is 25.3 Å². The maximum Gasteiger partial charge on any atom is 0.221 e. The summed E-state index contributed by atoms with van der Waals surface area (Å²) in [6, 6.07) is 8.80. The van der Waals surface area contributed by atoms with Crippen LogP contribution in [0.25, 0.3) is 11.4 Å². The van der Waals surface area contributed by atoms with Crippen molar-refractivity contribution in [2.45, 2.75) is 13.2 Å². The fraction of sp³-hybridized carbons (Fsp3) is 0.111. The van der Waals surface area contributed by atoms with Crippen molar-refractivity contribution in [1.29, 1.82) is 0 Å². The molecule has 0 atom stereocenters.